The highest BCUT2D eigenvalue weighted by Gasteiger charge is 2.28. The van der Waals surface area contributed by atoms with Crippen LogP contribution in [-0.2, 0) is 19.6 Å². The molecule has 2 N–H and O–H groups in total. The Hall–Kier alpha value is -1.39. The van der Waals surface area contributed by atoms with Gasteiger partial charge < -0.3 is 20.1 Å². The molecule has 0 aromatic rings. The number of hydrogen-bond donors (Lipinski definition) is 2. The molecule has 9 nitrogen and oxygen atoms in total. The Morgan fingerprint density at radius 3 is 2.35 bits per heavy atom. The van der Waals surface area contributed by atoms with Crippen molar-refractivity contribution in [3.8, 4) is 0 Å². The van der Waals surface area contributed by atoms with Gasteiger partial charge in [-0.2, -0.15) is 4.31 Å². The lowest BCUT2D eigenvalue weighted by Crippen LogP contribution is -2.53. The number of urea groups is 1. The van der Waals surface area contributed by atoms with Gasteiger partial charge in [-0.25, -0.2) is 13.2 Å². The van der Waals surface area contributed by atoms with Crippen LogP contribution >= 0.6 is 0 Å². The number of rotatable bonds is 8. The lowest BCUT2D eigenvalue weighted by atomic mass is 10.4. The minimum Gasteiger partial charge on any atom is -0.481 e. The van der Waals surface area contributed by atoms with Crippen molar-refractivity contribution in [1.82, 2.24) is 14.5 Å². The van der Waals surface area contributed by atoms with Crippen molar-refractivity contribution in [3.63, 3.8) is 0 Å². The Bertz CT molecular complexity index is 500. The van der Waals surface area contributed by atoms with Crippen molar-refractivity contribution in [3.05, 3.63) is 0 Å². The molecular formula is C13H25N3O6S. The standard InChI is InChI=1S/C13H25N3O6S/c1-11(2)22-9-10-23(20,21)16-7-5-15(6-8-16)13(19)14-4-3-12(17)18/h11H,3-10H2,1-2H3,(H,14,19)(H,17,18). The van der Waals surface area contributed by atoms with Crippen LogP contribution in [-0.4, -0.2) is 85.9 Å². The summed E-state index contributed by atoms with van der Waals surface area (Å²) in [5, 5.41) is 11.0. The lowest BCUT2D eigenvalue weighted by Gasteiger charge is -2.34. The molecule has 0 aromatic carbocycles. The molecular weight excluding hydrogens is 326 g/mol. The molecule has 0 aliphatic carbocycles. The van der Waals surface area contributed by atoms with Gasteiger partial charge in [-0.3, -0.25) is 4.79 Å². The average Bonchev–Trinajstić information content (AvgIpc) is 2.46. The van der Waals surface area contributed by atoms with Crippen molar-refractivity contribution in [1.29, 1.82) is 0 Å². The van der Waals surface area contributed by atoms with Gasteiger partial charge in [-0.05, 0) is 13.8 Å². The van der Waals surface area contributed by atoms with E-state index in [0.29, 0.717) is 0 Å². The summed E-state index contributed by atoms with van der Waals surface area (Å²) < 4.78 is 30.9. The summed E-state index contributed by atoms with van der Waals surface area (Å²) >= 11 is 0. The van der Waals surface area contributed by atoms with E-state index in [1.54, 1.807) is 0 Å². The number of nitrogens with one attached hydrogen (secondary N) is 1. The van der Waals surface area contributed by atoms with Crippen molar-refractivity contribution in [2.45, 2.75) is 26.4 Å². The zero-order valence-corrected chi connectivity index (χ0v) is 14.3. The monoisotopic (exact) mass is 351 g/mol. The third kappa shape index (κ3) is 7.14. The maximum atomic E-state index is 12.2. The number of hydrogen-bond acceptors (Lipinski definition) is 5. The minimum absolute atomic E-state index is 0.0171. The number of ether oxygens (including phenoxy) is 1. The van der Waals surface area contributed by atoms with Crippen LogP contribution < -0.4 is 5.32 Å². The highest BCUT2D eigenvalue weighted by atomic mass is 32.2. The molecule has 0 aromatic heterocycles. The Morgan fingerprint density at radius 1 is 1.22 bits per heavy atom. The van der Waals surface area contributed by atoms with Crippen molar-refractivity contribution < 1.29 is 27.9 Å². The summed E-state index contributed by atoms with van der Waals surface area (Å²) in [6.07, 6.45) is -0.160. The van der Waals surface area contributed by atoms with E-state index in [9.17, 15) is 18.0 Å². The molecule has 1 fully saturated rings. The van der Waals surface area contributed by atoms with Crippen LogP contribution in [0.4, 0.5) is 4.79 Å². The smallest absolute Gasteiger partial charge is 0.317 e. The van der Waals surface area contributed by atoms with Crippen LogP contribution in [0.3, 0.4) is 0 Å². The van der Waals surface area contributed by atoms with Gasteiger partial charge in [-0.1, -0.05) is 0 Å². The van der Waals surface area contributed by atoms with E-state index in [4.69, 9.17) is 9.84 Å². The third-order valence-electron chi connectivity index (χ3n) is 3.33. The highest BCUT2D eigenvalue weighted by Crippen LogP contribution is 2.08. The first-order chi connectivity index (χ1) is 10.7. The second-order valence-electron chi connectivity index (χ2n) is 5.50. The van der Waals surface area contributed by atoms with Gasteiger partial charge in [-0.15, -0.1) is 0 Å². The number of carboxylic acid groups (broad SMARTS) is 1. The largest absolute Gasteiger partial charge is 0.481 e. The van der Waals surface area contributed by atoms with Crippen LogP contribution in [0.5, 0.6) is 0 Å². The fourth-order valence-corrected chi connectivity index (χ4v) is 3.36. The number of piperazine rings is 1. The number of sulfonamides is 1. The predicted molar refractivity (Wildman–Crippen MR) is 83.7 cm³/mol. The minimum atomic E-state index is -3.38. The molecule has 0 radical (unpaired) electrons. The summed E-state index contributed by atoms with van der Waals surface area (Å²) in [4.78, 5) is 23.7. The van der Waals surface area contributed by atoms with E-state index in [1.165, 1.54) is 9.21 Å². The van der Waals surface area contributed by atoms with E-state index in [2.05, 4.69) is 5.32 Å². The Kier molecular flexibility index (Phi) is 7.73. The van der Waals surface area contributed by atoms with Crippen molar-refractivity contribution in [2.24, 2.45) is 0 Å². The SMILES string of the molecule is CC(C)OCCS(=O)(=O)N1CCN(C(=O)NCCC(=O)O)CC1. The molecule has 1 saturated heterocycles. The van der Waals surface area contributed by atoms with Gasteiger partial charge in [0, 0.05) is 32.7 Å². The lowest BCUT2D eigenvalue weighted by molar-refractivity contribution is -0.136. The van der Waals surface area contributed by atoms with E-state index in [1.807, 2.05) is 13.8 Å². The van der Waals surface area contributed by atoms with Gasteiger partial charge in [0.2, 0.25) is 10.0 Å². The molecule has 134 valence electrons. The summed E-state index contributed by atoms with van der Waals surface area (Å²) in [5.41, 5.74) is 0. The molecule has 0 atom stereocenters. The summed E-state index contributed by atoms with van der Waals surface area (Å²) in [7, 11) is -3.38. The number of aliphatic carboxylic acids is 1. The number of carbonyl (C=O) groups is 2. The van der Waals surface area contributed by atoms with Crippen LogP contribution in [0, 0.1) is 0 Å². The van der Waals surface area contributed by atoms with E-state index in [-0.39, 0.29) is 63.6 Å². The van der Waals surface area contributed by atoms with Gasteiger partial charge in [0.1, 0.15) is 0 Å². The zero-order valence-electron chi connectivity index (χ0n) is 13.5. The molecule has 0 bridgehead atoms. The Morgan fingerprint density at radius 2 is 1.83 bits per heavy atom. The highest BCUT2D eigenvalue weighted by molar-refractivity contribution is 7.89. The Labute approximate surface area is 136 Å². The molecule has 0 unspecified atom stereocenters. The average molecular weight is 351 g/mol. The first-order valence-corrected chi connectivity index (χ1v) is 9.17. The molecule has 1 rings (SSSR count). The molecule has 23 heavy (non-hydrogen) atoms. The number of nitrogens with zero attached hydrogens (tertiary/aromatic N) is 2. The van der Waals surface area contributed by atoms with Crippen molar-refractivity contribution >= 4 is 22.0 Å². The van der Waals surface area contributed by atoms with Crippen LogP contribution in [0.25, 0.3) is 0 Å². The van der Waals surface area contributed by atoms with Crippen LogP contribution in [0.2, 0.25) is 0 Å². The van der Waals surface area contributed by atoms with Gasteiger partial charge in [0.05, 0.1) is 24.9 Å². The fourth-order valence-electron chi connectivity index (χ4n) is 2.08. The molecule has 10 heteroatoms. The quantitative estimate of drug-likeness (QED) is 0.611. The topological polar surface area (TPSA) is 116 Å². The molecule has 2 amide bonds. The second-order valence-corrected chi connectivity index (χ2v) is 7.59. The van der Waals surface area contributed by atoms with E-state index in [0.717, 1.165) is 0 Å². The van der Waals surface area contributed by atoms with Crippen molar-refractivity contribution in [2.75, 3.05) is 45.1 Å². The van der Waals surface area contributed by atoms with E-state index >= 15 is 0 Å². The van der Waals surface area contributed by atoms with Gasteiger partial charge in [0.25, 0.3) is 0 Å². The fraction of sp³-hybridized carbons (Fsp3) is 0.846. The number of amides is 2. The zero-order chi connectivity index (χ0) is 17.5. The van der Waals surface area contributed by atoms with Crippen LogP contribution in [0.1, 0.15) is 20.3 Å². The van der Waals surface area contributed by atoms with Gasteiger partial charge >= 0.3 is 12.0 Å². The number of carbonyl (C=O) groups excluding carboxylic acids is 1. The summed E-state index contributed by atoms with van der Waals surface area (Å²) in [6, 6.07) is -0.369. The molecule has 1 aliphatic rings. The van der Waals surface area contributed by atoms with E-state index < -0.39 is 16.0 Å². The Balaban J connectivity index is 2.36. The maximum absolute atomic E-state index is 12.2. The molecule has 1 aliphatic heterocycles. The normalized spacial score (nSPS) is 16.6. The second kappa shape index (κ2) is 9.04. The van der Waals surface area contributed by atoms with Gasteiger partial charge in [0.15, 0.2) is 0 Å². The maximum Gasteiger partial charge on any atom is 0.317 e. The molecule has 0 spiro atoms. The third-order valence-corrected chi connectivity index (χ3v) is 5.16. The predicted octanol–water partition coefficient (Wildman–Crippen LogP) is -0.457. The van der Waals surface area contributed by atoms with Crippen LogP contribution in [0.15, 0.2) is 0 Å². The summed E-state index contributed by atoms with van der Waals surface area (Å²) in [6.45, 7) is 4.91. The summed E-state index contributed by atoms with van der Waals surface area (Å²) in [5.74, 6) is -1.06. The number of carboxylic acids is 1. The molecule has 0 saturated carbocycles. The molecule has 1 heterocycles. The first-order valence-electron chi connectivity index (χ1n) is 7.56. The first kappa shape index (κ1) is 19.7.